The summed E-state index contributed by atoms with van der Waals surface area (Å²) in [7, 11) is 1.36. The van der Waals surface area contributed by atoms with E-state index >= 15 is 0 Å². The topological polar surface area (TPSA) is 44.1 Å². The summed E-state index contributed by atoms with van der Waals surface area (Å²) in [5.74, 6) is -0.432. The molecule has 0 aliphatic carbocycles. The van der Waals surface area contributed by atoms with Crippen molar-refractivity contribution in [3.8, 4) is 16.3 Å². The second-order valence-electron chi connectivity index (χ2n) is 4.63. The molecule has 0 radical (unpaired) electrons. The molecule has 0 aliphatic heterocycles. The van der Waals surface area contributed by atoms with Crippen molar-refractivity contribution in [1.29, 1.82) is 0 Å². The maximum Gasteiger partial charge on any atom is 0.358 e. The molecule has 0 fully saturated rings. The van der Waals surface area contributed by atoms with Crippen LogP contribution in [-0.4, -0.2) is 22.9 Å². The molecule has 0 amide bonds. The molecule has 0 atom stereocenters. The Balaban J connectivity index is 2.15. The van der Waals surface area contributed by atoms with E-state index < -0.39 is 5.97 Å². The summed E-state index contributed by atoms with van der Waals surface area (Å²) in [5, 5.41) is 6.39. The number of aromatic nitrogens is 2. The van der Waals surface area contributed by atoms with Crippen LogP contribution in [0.2, 0.25) is 0 Å². The SMILES string of the molecule is COC(=O)c1cc(-c2cccs2)n(-c2ccc(C)cc2)n1. The van der Waals surface area contributed by atoms with Crippen molar-refractivity contribution in [1.82, 2.24) is 9.78 Å². The Hall–Kier alpha value is -2.40. The first kappa shape index (κ1) is 13.6. The molecule has 0 saturated carbocycles. The number of rotatable bonds is 3. The highest BCUT2D eigenvalue weighted by Gasteiger charge is 2.17. The number of ether oxygens (including phenoxy) is 1. The third-order valence-corrected chi connectivity index (χ3v) is 4.05. The maximum absolute atomic E-state index is 11.7. The number of hydrogen-bond acceptors (Lipinski definition) is 4. The van der Waals surface area contributed by atoms with Gasteiger partial charge in [0.2, 0.25) is 0 Å². The van der Waals surface area contributed by atoms with Crippen molar-refractivity contribution in [2.75, 3.05) is 7.11 Å². The first-order valence-corrected chi connectivity index (χ1v) is 7.36. The van der Waals surface area contributed by atoms with Gasteiger partial charge >= 0.3 is 5.97 Å². The number of thiophene rings is 1. The average molecular weight is 298 g/mol. The van der Waals surface area contributed by atoms with Crippen LogP contribution >= 0.6 is 11.3 Å². The first-order chi connectivity index (χ1) is 10.2. The van der Waals surface area contributed by atoms with Gasteiger partial charge in [0.25, 0.3) is 0 Å². The second kappa shape index (κ2) is 5.54. The Bertz CT molecular complexity index is 758. The molecule has 3 rings (SSSR count). The molecular formula is C16H14N2O2S. The average Bonchev–Trinajstić information content (AvgIpc) is 3.16. The summed E-state index contributed by atoms with van der Waals surface area (Å²) in [6.07, 6.45) is 0. The monoisotopic (exact) mass is 298 g/mol. The summed E-state index contributed by atoms with van der Waals surface area (Å²) >= 11 is 1.61. The number of methoxy groups -OCH3 is 1. The van der Waals surface area contributed by atoms with E-state index in [4.69, 9.17) is 4.74 Å². The molecule has 1 aromatic carbocycles. The van der Waals surface area contributed by atoms with E-state index in [1.165, 1.54) is 12.7 Å². The molecule has 0 saturated heterocycles. The molecule has 5 heteroatoms. The number of aryl methyl sites for hydroxylation is 1. The Kier molecular flexibility index (Phi) is 3.58. The van der Waals surface area contributed by atoms with E-state index in [1.54, 1.807) is 22.1 Å². The van der Waals surface area contributed by atoms with Crippen molar-refractivity contribution < 1.29 is 9.53 Å². The molecule has 2 heterocycles. The fourth-order valence-corrected chi connectivity index (χ4v) is 2.80. The molecule has 2 aromatic heterocycles. The number of benzene rings is 1. The molecule has 4 nitrogen and oxygen atoms in total. The highest BCUT2D eigenvalue weighted by atomic mass is 32.1. The van der Waals surface area contributed by atoms with Gasteiger partial charge in [-0.05, 0) is 30.5 Å². The fraction of sp³-hybridized carbons (Fsp3) is 0.125. The Labute approximate surface area is 126 Å². The minimum absolute atomic E-state index is 0.307. The largest absolute Gasteiger partial charge is 0.464 e. The smallest absolute Gasteiger partial charge is 0.358 e. The van der Waals surface area contributed by atoms with Gasteiger partial charge < -0.3 is 4.74 Å². The van der Waals surface area contributed by atoms with Gasteiger partial charge in [0.05, 0.1) is 23.4 Å². The van der Waals surface area contributed by atoms with Gasteiger partial charge in [-0.15, -0.1) is 11.3 Å². The highest BCUT2D eigenvalue weighted by molar-refractivity contribution is 7.13. The summed E-state index contributed by atoms with van der Waals surface area (Å²) in [6, 6.07) is 13.8. The number of carbonyl (C=O) groups excluding carboxylic acids is 1. The standard InChI is InChI=1S/C16H14N2O2S/c1-11-5-7-12(8-6-11)18-14(15-4-3-9-21-15)10-13(17-18)16(19)20-2/h3-10H,1-2H3. The van der Waals surface area contributed by atoms with Crippen molar-refractivity contribution in [2.24, 2.45) is 0 Å². The summed E-state index contributed by atoms with van der Waals surface area (Å²) < 4.78 is 6.54. The van der Waals surface area contributed by atoms with Crippen LogP contribution in [0.25, 0.3) is 16.3 Å². The van der Waals surface area contributed by atoms with Crippen LogP contribution in [0, 0.1) is 6.92 Å². The third-order valence-electron chi connectivity index (χ3n) is 3.16. The molecule has 21 heavy (non-hydrogen) atoms. The van der Waals surface area contributed by atoms with Crippen LogP contribution in [0.1, 0.15) is 16.1 Å². The van der Waals surface area contributed by atoms with Crippen LogP contribution in [-0.2, 0) is 4.74 Å². The van der Waals surface area contributed by atoms with E-state index in [0.29, 0.717) is 5.69 Å². The molecule has 0 bridgehead atoms. The van der Waals surface area contributed by atoms with Crippen LogP contribution in [0.4, 0.5) is 0 Å². The molecule has 0 N–H and O–H groups in total. The zero-order chi connectivity index (χ0) is 14.8. The molecule has 0 spiro atoms. The second-order valence-corrected chi connectivity index (χ2v) is 5.58. The van der Waals surface area contributed by atoms with E-state index in [1.807, 2.05) is 48.7 Å². The highest BCUT2D eigenvalue weighted by Crippen LogP contribution is 2.28. The van der Waals surface area contributed by atoms with Crippen LogP contribution in [0.5, 0.6) is 0 Å². The molecule has 3 aromatic rings. The zero-order valence-corrected chi connectivity index (χ0v) is 12.6. The van der Waals surface area contributed by atoms with Crippen molar-refractivity contribution in [2.45, 2.75) is 6.92 Å². The van der Waals surface area contributed by atoms with Crippen LogP contribution < -0.4 is 0 Å². The lowest BCUT2D eigenvalue weighted by molar-refractivity contribution is 0.0593. The van der Waals surface area contributed by atoms with Crippen molar-refractivity contribution in [3.05, 3.63) is 59.1 Å². The van der Waals surface area contributed by atoms with Gasteiger partial charge in [-0.1, -0.05) is 23.8 Å². The lowest BCUT2D eigenvalue weighted by atomic mass is 10.2. The third kappa shape index (κ3) is 2.60. The summed E-state index contributed by atoms with van der Waals surface area (Å²) in [5.41, 5.74) is 3.28. The van der Waals surface area contributed by atoms with Gasteiger partial charge in [-0.25, -0.2) is 9.48 Å². The summed E-state index contributed by atoms with van der Waals surface area (Å²) in [6.45, 7) is 2.03. The minimum Gasteiger partial charge on any atom is -0.464 e. The minimum atomic E-state index is -0.432. The van der Waals surface area contributed by atoms with E-state index in [2.05, 4.69) is 5.10 Å². The molecule has 106 valence electrons. The molecule has 0 aliphatic rings. The Morgan fingerprint density at radius 2 is 2.00 bits per heavy atom. The van der Waals surface area contributed by atoms with Crippen LogP contribution in [0.15, 0.2) is 47.8 Å². The first-order valence-electron chi connectivity index (χ1n) is 6.48. The van der Waals surface area contributed by atoms with Gasteiger partial charge in [0, 0.05) is 6.07 Å². The zero-order valence-electron chi connectivity index (χ0n) is 11.7. The normalized spacial score (nSPS) is 10.6. The van der Waals surface area contributed by atoms with E-state index in [-0.39, 0.29) is 0 Å². The van der Waals surface area contributed by atoms with Crippen molar-refractivity contribution in [3.63, 3.8) is 0 Å². The fourth-order valence-electron chi connectivity index (χ4n) is 2.07. The lowest BCUT2D eigenvalue weighted by Crippen LogP contribution is -2.04. The lowest BCUT2D eigenvalue weighted by Gasteiger charge is -2.06. The number of nitrogens with zero attached hydrogens (tertiary/aromatic N) is 2. The predicted octanol–water partition coefficient (Wildman–Crippen LogP) is 3.70. The van der Waals surface area contributed by atoms with Crippen LogP contribution in [0.3, 0.4) is 0 Å². The molecular weight excluding hydrogens is 284 g/mol. The Morgan fingerprint density at radius 3 is 2.62 bits per heavy atom. The number of esters is 1. The van der Waals surface area contributed by atoms with E-state index in [0.717, 1.165) is 16.3 Å². The van der Waals surface area contributed by atoms with Gasteiger partial charge in [0.15, 0.2) is 5.69 Å². The number of hydrogen-bond donors (Lipinski definition) is 0. The van der Waals surface area contributed by atoms with Gasteiger partial charge in [-0.2, -0.15) is 5.10 Å². The van der Waals surface area contributed by atoms with Crippen molar-refractivity contribution >= 4 is 17.3 Å². The van der Waals surface area contributed by atoms with Gasteiger partial charge in [-0.3, -0.25) is 0 Å². The van der Waals surface area contributed by atoms with E-state index in [9.17, 15) is 4.79 Å². The number of carbonyl (C=O) groups is 1. The maximum atomic E-state index is 11.7. The predicted molar refractivity (Wildman–Crippen MR) is 83.0 cm³/mol. The quantitative estimate of drug-likeness (QED) is 0.693. The summed E-state index contributed by atoms with van der Waals surface area (Å²) in [4.78, 5) is 12.8. The molecule has 0 unspecified atom stereocenters. The Morgan fingerprint density at radius 1 is 1.24 bits per heavy atom. The van der Waals surface area contributed by atoms with Gasteiger partial charge in [0.1, 0.15) is 0 Å².